The van der Waals surface area contributed by atoms with Gasteiger partial charge < -0.3 is 10.4 Å². The van der Waals surface area contributed by atoms with Gasteiger partial charge in [0.1, 0.15) is 22.8 Å². The molecule has 0 saturated heterocycles. The summed E-state index contributed by atoms with van der Waals surface area (Å²) in [4.78, 5) is 23.9. The monoisotopic (exact) mass is 381 g/mol. The van der Waals surface area contributed by atoms with Gasteiger partial charge in [-0.1, -0.05) is 27.7 Å². The van der Waals surface area contributed by atoms with E-state index in [1.165, 1.54) is 12.1 Å². The van der Waals surface area contributed by atoms with Crippen LogP contribution >= 0.6 is 0 Å². The molecule has 146 valence electrons. The van der Waals surface area contributed by atoms with Gasteiger partial charge >= 0.3 is 0 Å². The van der Waals surface area contributed by atoms with Crippen molar-refractivity contribution in [2.75, 3.05) is 5.32 Å². The average molecular weight is 381 g/mol. The Hall–Kier alpha value is -3.42. The van der Waals surface area contributed by atoms with E-state index in [2.05, 4.69) is 20.7 Å². The number of ketones is 1. The number of hydrogen-bond donors (Lipinski definition) is 3. The smallest absolute Gasteiger partial charge is 0.229 e. The van der Waals surface area contributed by atoms with Crippen LogP contribution in [0, 0.1) is 10.9 Å². The van der Waals surface area contributed by atoms with E-state index in [0.29, 0.717) is 17.7 Å². The summed E-state index contributed by atoms with van der Waals surface area (Å²) in [6.45, 7) is 7.13. The second-order valence-corrected chi connectivity index (χ2v) is 7.20. The number of Topliss-reactive ketones (excluding diaryl/α,β-unsaturated/α-hetero) is 1. The molecule has 0 aliphatic rings. The third kappa shape index (κ3) is 5.06. The van der Waals surface area contributed by atoms with E-state index >= 15 is 0 Å². The lowest BCUT2D eigenvalue weighted by Gasteiger charge is -2.17. The molecule has 2 rings (SSSR count). The van der Waals surface area contributed by atoms with E-state index < -0.39 is 5.41 Å². The molecule has 0 aromatic heterocycles. The van der Waals surface area contributed by atoms with E-state index in [-0.39, 0.29) is 34.5 Å². The Morgan fingerprint density at radius 1 is 1.04 bits per heavy atom. The van der Waals surface area contributed by atoms with Crippen LogP contribution in [0.25, 0.3) is 0 Å². The number of carbonyl (C=O) groups is 2. The van der Waals surface area contributed by atoms with Gasteiger partial charge in [-0.05, 0) is 36.4 Å². The first-order chi connectivity index (χ1) is 13.2. The van der Waals surface area contributed by atoms with Gasteiger partial charge in [-0.2, -0.15) is 5.11 Å². The summed E-state index contributed by atoms with van der Waals surface area (Å²) in [6, 6.07) is 9.11. The first kappa shape index (κ1) is 20.9. The largest absolute Gasteiger partial charge is 0.506 e. The second kappa shape index (κ2) is 8.51. The molecule has 0 unspecified atom stereocenters. The summed E-state index contributed by atoms with van der Waals surface area (Å²) in [5.41, 5.74) is 8.28. The lowest BCUT2D eigenvalue weighted by Crippen LogP contribution is -2.27. The van der Waals surface area contributed by atoms with Crippen molar-refractivity contribution in [3.63, 3.8) is 0 Å². The predicted molar refractivity (Wildman–Crippen MR) is 106 cm³/mol. The lowest BCUT2D eigenvalue weighted by atomic mass is 9.95. The minimum Gasteiger partial charge on any atom is -0.506 e. The molecular weight excluding hydrogens is 358 g/mol. The standard InChI is InChI=1S/C20H23N5O3/c1-5-17(26)12-6-8-15(18(27)10-12)24-25-16-11-13(7-9-14(16)23-21)22-19(28)20(2,3)4/h6-11,21,27H,5H2,1-4H3,(H,22,28). The maximum absolute atomic E-state index is 12.1. The summed E-state index contributed by atoms with van der Waals surface area (Å²) in [5.74, 6) is -0.430. The SMILES string of the molecule is CCC(=O)c1ccc(N=Nc2cc(NC(=O)C(C)(C)C)ccc2N=N)c(O)c1. The molecule has 0 heterocycles. The molecule has 1 amide bonds. The van der Waals surface area contributed by atoms with Gasteiger partial charge in [0.2, 0.25) is 5.91 Å². The number of azo groups is 1. The van der Waals surface area contributed by atoms with Gasteiger partial charge in [0.05, 0.1) is 0 Å². The van der Waals surface area contributed by atoms with E-state index in [1.54, 1.807) is 52.0 Å². The Labute approximate surface area is 163 Å². The van der Waals surface area contributed by atoms with Crippen LogP contribution < -0.4 is 5.32 Å². The van der Waals surface area contributed by atoms with Gasteiger partial charge in [-0.25, -0.2) is 5.53 Å². The summed E-state index contributed by atoms with van der Waals surface area (Å²) in [6.07, 6.45) is 0.335. The number of phenolic OH excluding ortho intramolecular Hbond substituents is 1. The Balaban J connectivity index is 2.31. The van der Waals surface area contributed by atoms with Crippen molar-refractivity contribution in [3.05, 3.63) is 42.0 Å². The van der Waals surface area contributed by atoms with Crippen LogP contribution in [0.4, 0.5) is 22.7 Å². The van der Waals surface area contributed by atoms with Crippen molar-refractivity contribution in [2.45, 2.75) is 34.1 Å². The number of phenols is 1. The van der Waals surface area contributed by atoms with Gasteiger partial charge in [0.15, 0.2) is 5.78 Å². The number of aromatic hydroxyl groups is 1. The predicted octanol–water partition coefficient (Wildman–Crippen LogP) is 6.05. The molecule has 2 aromatic carbocycles. The highest BCUT2D eigenvalue weighted by atomic mass is 16.3. The second-order valence-electron chi connectivity index (χ2n) is 7.20. The molecule has 3 N–H and O–H groups in total. The van der Waals surface area contributed by atoms with Crippen LogP contribution in [0.1, 0.15) is 44.5 Å². The molecule has 0 saturated carbocycles. The molecule has 28 heavy (non-hydrogen) atoms. The summed E-state index contributed by atoms with van der Waals surface area (Å²) < 4.78 is 0. The average Bonchev–Trinajstić information content (AvgIpc) is 2.65. The van der Waals surface area contributed by atoms with Crippen molar-refractivity contribution < 1.29 is 14.7 Å². The van der Waals surface area contributed by atoms with Gasteiger partial charge in [-0.3, -0.25) is 9.59 Å². The summed E-state index contributed by atoms with van der Waals surface area (Å²) in [5, 5.41) is 24.3. The molecule has 0 radical (unpaired) electrons. The zero-order valence-electron chi connectivity index (χ0n) is 16.3. The summed E-state index contributed by atoms with van der Waals surface area (Å²) in [7, 11) is 0. The van der Waals surface area contributed by atoms with E-state index in [0.717, 1.165) is 0 Å². The topological polar surface area (TPSA) is 127 Å². The third-order valence-corrected chi connectivity index (χ3v) is 3.92. The lowest BCUT2D eigenvalue weighted by molar-refractivity contribution is -0.123. The molecule has 8 heteroatoms. The minimum absolute atomic E-state index is 0.0867. The molecule has 2 aromatic rings. The zero-order chi connectivity index (χ0) is 20.9. The Morgan fingerprint density at radius 3 is 2.25 bits per heavy atom. The number of benzene rings is 2. The van der Waals surface area contributed by atoms with Gasteiger partial charge in [0, 0.05) is 23.1 Å². The molecule has 0 fully saturated rings. The zero-order valence-corrected chi connectivity index (χ0v) is 16.3. The van der Waals surface area contributed by atoms with Crippen molar-refractivity contribution in [1.82, 2.24) is 0 Å². The first-order valence-electron chi connectivity index (χ1n) is 8.76. The van der Waals surface area contributed by atoms with Crippen LogP contribution in [0.15, 0.2) is 51.7 Å². The Kier molecular flexibility index (Phi) is 6.35. The Morgan fingerprint density at radius 2 is 1.68 bits per heavy atom. The molecule has 0 aliphatic heterocycles. The van der Waals surface area contributed by atoms with Crippen LogP contribution in [0.3, 0.4) is 0 Å². The molecule has 8 nitrogen and oxygen atoms in total. The molecular formula is C20H23N5O3. The van der Waals surface area contributed by atoms with Crippen molar-refractivity contribution in [1.29, 1.82) is 5.53 Å². The number of nitrogens with one attached hydrogen (secondary N) is 2. The fourth-order valence-corrected chi connectivity index (χ4v) is 2.19. The van der Waals surface area contributed by atoms with Gasteiger partial charge in [0.25, 0.3) is 0 Å². The highest BCUT2D eigenvalue weighted by Crippen LogP contribution is 2.35. The highest BCUT2D eigenvalue weighted by Gasteiger charge is 2.21. The van der Waals surface area contributed by atoms with Crippen LogP contribution in [-0.2, 0) is 4.79 Å². The fourth-order valence-electron chi connectivity index (χ4n) is 2.19. The van der Waals surface area contributed by atoms with Crippen molar-refractivity contribution in [2.24, 2.45) is 20.8 Å². The first-order valence-corrected chi connectivity index (χ1v) is 8.76. The minimum atomic E-state index is -0.566. The quantitative estimate of drug-likeness (QED) is 0.416. The Bertz CT molecular complexity index is 945. The number of hydrogen-bond acceptors (Lipinski definition) is 7. The number of rotatable bonds is 6. The highest BCUT2D eigenvalue weighted by molar-refractivity contribution is 5.97. The summed E-state index contributed by atoms with van der Waals surface area (Å²) >= 11 is 0. The maximum atomic E-state index is 12.1. The maximum Gasteiger partial charge on any atom is 0.229 e. The normalized spacial score (nSPS) is 11.4. The van der Waals surface area contributed by atoms with Crippen LogP contribution in [0.2, 0.25) is 0 Å². The molecule has 0 bridgehead atoms. The van der Waals surface area contributed by atoms with Crippen molar-refractivity contribution in [3.8, 4) is 5.75 Å². The number of anilines is 1. The van der Waals surface area contributed by atoms with Gasteiger partial charge in [-0.15, -0.1) is 10.2 Å². The molecule has 0 spiro atoms. The van der Waals surface area contributed by atoms with E-state index in [1.807, 2.05) is 0 Å². The molecule has 0 atom stereocenters. The van der Waals surface area contributed by atoms with E-state index in [4.69, 9.17) is 5.53 Å². The molecule has 0 aliphatic carbocycles. The fraction of sp³-hybridized carbons (Fsp3) is 0.300. The van der Waals surface area contributed by atoms with Crippen LogP contribution in [0.5, 0.6) is 5.75 Å². The van der Waals surface area contributed by atoms with E-state index in [9.17, 15) is 14.7 Å². The van der Waals surface area contributed by atoms with Crippen molar-refractivity contribution >= 4 is 34.4 Å². The third-order valence-electron chi connectivity index (χ3n) is 3.92. The number of nitrogens with zero attached hydrogens (tertiary/aromatic N) is 3. The number of amides is 1. The van der Waals surface area contributed by atoms with Crippen LogP contribution in [-0.4, -0.2) is 16.8 Å². The number of carbonyl (C=O) groups excluding carboxylic acids is 2.